The van der Waals surface area contributed by atoms with Crippen molar-refractivity contribution in [3.8, 4) is 5.75 Å². The molecule has 2 N–H and O–H groups in total. The van der Waals surface area contributed by atoms with Crippen LogP contribution < -0.4 is 20.5 Å². The molecule has 0 unspecified atom stereocenters. The van der Waals surface area contributed by atoms with Gasteiger partial charge in [0.25, 0.3) is 11.8 Å². The number of carbonyl (C=O) groups is 4. The van der Waals surface area contributed by atoms with Crippen LogP contribution in [0, 0.1) is 5.92 Å². The van der Waals surface area contributed by atoms with Gasteiger partial charge in [-0.1, -0.05) is 29.8 Å². The number of anilines is 1. The molecule has 0 spiro atoms. The van der Waals surface area contributed by atoms with Crippen molar-refractivity contribution in [1.29, 1.82) is 0 Å². The lowest BCUT2D eigenvalue weighted by molar-refractivity contribution is -0.152. The highest BCUT2D eigenvalue weighted by Crippen LogP contribution is 2.28. The molecule has 1 aliphatic heterocycles. The Morgan fingerprint density at radius 2 is 1.90 bits per heavy atom. The molecule has 3 rings (SSSR count). The highest BCUT2D eigenvalue weighted by molar-refractivity contribution is 6.33. The number of hydrogen-bond acceptors (Lipinski definition) is 6. The van der Waals surface area contributed by atoms with Gasteiger partial charge in [0.2, 0.25) is 5.91 Å². The molecule has 9 nitrogen and oxygen atoms in total. The minimum absolute atomic E-state index is 0.0269. The lowest BCUT2D eigenvalue weighted by atomic mass is 10.1. The van der Waals surface area contributed by atoms with Gasteiger partial charge in [0, 0.05) is 24.7 Å². The van der Waals surface area contributed by atoms with Crippen molar-refractivity contribution in [3.63, 3.8) is 0 Å². The maximum Gasteiger partial charge on any atom is 0.311 e. The molecule has 1 fully saturated rings. The van der Waals surface area contributed by atoms with Crippen molar-refractivity contribution in [2.75, 3.05) is 25.2 Å². The number of carbonyl (C=O) groups excluding carboxylic acids is 4. The molecule has 0 saturated carbocycles. The molecule has 2 aromatic carbocycles. The molecular formula is C21H20ClN3O6. The number of hydrogen-bond donors (Lipinski definition) is 2. The Morgan fingerprint density at radius 3 is 2.65 bits per heavy atom. The molecule has 1 atom stereocenters. The number of halogens is 1. The quantitative estimate of drug-likeness (QED) is 0.517. The smallest absolute Gasteiger partial charge is 0.311 e. The predicted molar refractivity (Wildman–Crippen MR) is 111 cm³/mol. The molecule has 162 valence electrons. The van der Waals surface area contributed by atoms with Crippen LogP contribution in [0.1, 0.15) is 16.8 Å². The summed E-state index contributed by atoms with van der Waals surface area (Å²) in [6.45, 7) is -0.471. The normalized spacial score (nSPS) is 15.4. The van der Waals surface area contributed by atoms with Crippen molar-refractivity contribution < 1.29 is 28.7 Å². The highest BCUT2D eigenvalue weighted by atomic mass is 35.5. The lowest BCUT2D eigenvalue weighted by Crippen LogP contribution is -2.44. The Morgan fingerprint density at radius 1 is 1.13 bits per heavy atom. The molecule has 1 heterocycles. The highest BCUT2D eigenvalue weighted by Gasteiger charge is 2.36. The SMILES string of the molecule is COc1cccc(N2C[C@H](C(=O)OCC(=O)NNC(=O)c3ccccc3Cl)CC2=O)c1. The standard InChI is InChI=1S/C21H20ClN3O6/c1-30-15-6-4-5-14(10-15)25-11-13(9-19(25)27)21(29)31-12-18(26)23-24-20(28)16-7-2-3-8-17(16)22/h2-8,10,13H,9,11-12H2,1H3,(H,23,26)(H,24,28)/t13-/m1/s1. The third-order valence-corrected chi connectivity index (χ3v) is 4.93. The summed E-state index contributed by atoms with van der Waals surface area (Å²) in [5.41, 5.74) is 5.13. The maximum absolute atomic E-state index is 12.3. The number of esters is 1. The van der Waals surface area contributed by atoms with Crippen LogP contribution in [0.3, 0.4) is 0 Å². The molecule has 10 heteroatoms. The van der Waals surface area contributed by atoms with Crippen LogP contribution in [0.15, 0.2) is 48.5 Å². The molecular weight excluding hydrogens is 426 g/mol. The number of ether oxygens (including phenoxy) is 2. The second kappa shape index (κ2) is 9.94. The summed E-state index contributed by atoms with van der Waals surface area (Å²) in [5.74, 6) is -2.36. The summed E-state index contributed by atoms with van der Waals surface area (Å²) in [4.78, 5) is 49.9. The van der Waals surface area contributed by atoms with Crippen molar-refractivity contribution in [1.82, 2.24) is 10.9 Å². The van der Waals surface area contributed by atoms with E-state index >= 15 is 0 Å². The molecule has 0 bridgehead atoms. The molecule has 2 aromatic rings. The van der Waals surface area contributed by atoms with Crippen LogP contribution in [0.2, 0.25) is 5.02 Å². The first-order valence-electron chi connectivity index (χ1n) is 9.34. The zero-order valence-electron chi connectivity index (χ0n) is 16.6. The second-order valence-corrected chi connectivity index (χ2v) is 7.10. The fourth-order valence-corrected chi connectivity index (χ4v) is 3.24. The Labute approximate surface area is 183 Å². The summed E-state index contributed by atoms with van der Waals surface area (Å²) in [5, 5.41) is 0.229. The van der Waals surface area contributed by atoms with Gasteiger partial charge in [-0.05, 0) is 24.3 Å². The molecule has 31 heavy (non-hydrogen) atoms. The first kappa shape index (κ1) is 22.1. The largest absolute Gasteiger partial charge is 0.497 e. The second-order valence-electron chi connectivity index (χ2n) is 6.70. The summed E-state index contributed by atoms with van der Waals surface area (Å²) >= 11 is 5.91. The Balaban J connectivity index is 1.47. The van der Waals surface area contributed by atoms with E-state index < -0.39 is 30.3 Å². The number of hydrazine groups is 1. The summed E-state index contributed by atoms with van der Waals surface area (Å²) in [6, 6.07) is 13.3. The van der Waals surface area contributed by atoms with E-state index in [1.54, 1.807) is 36.4 Å². The van der Waals surface area contributed by atoms with Gasteiger partial charge in [-0.25, -0.2) is 0 Å². The molecule has 0 aliphatic carbocycles. The topological polar surface area (TPSA) is 114 Å². The van der Waals surface area contributed by atoms with Gasteiger partial charge in [0.15, 0.2) is 6.61 Å². The number of rotatable bonds is 6. The van der Waals surface area contributed by atoms with Gasteiger partial charge in [-0.15, -0.1) is 0 Å². The fourth-order valence-electron chi connectivity index (χ4n) is 3.02. The molecule has 0 aromatic heterocycles. The molecule has 1 aliphatic rings. The summed E-state index contributed by atoms with van der Waals surface area (Å²) < 4.78 is 10.1. The number of benzene rings is 2. The first-order valence-corrected chi connectivity index (χ1v) is 9.71. The minimum atomic E-state index is -0.734. The van der Waals surface area contributed by atoms with E-state index in [4.69, 9.17) is 21.1 Å². The average molecular weight is 446 g/mol. The average Bonchev–Trinajstić information content (AvgIpc) is 3.17. The Hall–Kier alpha value is -3.59. The van der Waals surface area contributed by atoms with E-state index in [9.17, 15) is 19.2 Å². The van der Waals surface area contributed by atoms with Gasteiger partial charge < -0.3 is 14.4 Å². The number of amides is 3. The van der Waals surface area contributed by atoms with Crippen LogP contribution in [-0.2, 0) is 19.1 Å². The maximum atomic E-state index is 12.3. The van der Waals surface area contributed by atoms with Crippen LogP contribution in [0.4, 0.5) is 5.69 Å². The Bertz CT molecular complexity index is 1010. The van der Waals surface area contributed by atoms with Crippen LogP contribution in [0.5, 0.6) is 5.75 Å². The van der Waals surface area contributed by atoms with Crippen molar-refractivity contribution in [3.05, 3.63) is 59.1 Å². The Kier molecular flexibility index (Phi) is 7.09. The number of nitrogens with one attached hydrogen (secondary N) is 2. The van der Waals surface area contributed by atoms with Crippen LogP contribution in [0.25, 0.3) is 0 Å². The van der Waals surface area contributed by atoms with E-state index in [1.165, 1.54) is 24.1 Å². The van der Waals surface area contributed by atoms with Gasteiger partial charge in [-0.3, -0.25) is 30.0 Å². The fraction of sp³-hybridized carbons (Fsp3) is 0.238. The van der Waals surface area contributed by atoms with Gasteiger partial charge in [0.05, 0.1) is 23.6 Å². The molecule has 1 saturated heterocycles. The minimum Gasteiger partial charge on any atom is -0.497 e. The monoisotopic (exact) mass is 445 g/mol. The van der Waals surface area contributed by atoms with E-state index in [2.05, 4.69) is 10.9 Å². The summed E-state index contributed by atoms with van der Waals surface area (Å²) in [6.07, 6.45) is -0.0269. The predicted octanol–water partition coefficient (Wildman–Crippen LogP) is 1.71. The third-order valence-electron chi connectivity index (χ3n) is 4.60. The zero-order valence-corrected chi connectivity index (χ0v) is 17.3. The van der Waals surface area contributed by atoms with Crippen molar-refractivity contribution in [2.45, 2.75) is 6.42 Å². The van der Waals surface area contributed by atoms with E-state index in [-0.39, 0.29) is 29.5 Å². The molecule has 0 radical (unpaired) electrons. The van der Waals surface area contributed by atoms with Crippen molar-refractivity contribution in [2.24, 2.45) is 5.92 Å². The van der Waals surface area contributed by atoms with Gasteiger partial charge in [-0.2, -0.15) is 0 Å². The van der Waals surface area contributed by atoms with Gasteiger partial charge >= 0.3 is 5.97 Å². The third kappa shape index (κ3) is 5.52. The zero-order chi connectivity index (χ0) is 22.4. The van der Waals surface area contributed by atoms with E-state index in [0.717, 1.165) is 0 Å². The first-order chi connectivity index (χ1) is 14.9. The van der Waals surface area contributed by atoms with E-state index in [1.807, 2.05) is 0 Å². The number of methoxy groups -OCH3 is 1. The van der Waals surface area contributed by atoms with E-state index in [0.29, 0.717) is 11.4 Å². The lowest BCUT2D eigenvalue weighted by Gasteiger charge is -2.17. The van der Waals surface area contributed by atoms with Crippen molar-refractivity contribution >= 4 is 41.0 Å². The molecule has 3 amide bonds. The van der Waals surface area contributed by atoms with Gasteiger partial charge in [0.1, 0.15) is 5.75 Å². The number of nitrogens with zero attached hydrogens (tertiary/aromatic N) is 1. The van der Waals surface area contributed by atoms with Crippen LogP contribution >= 0.6 is 11.6 Å². The van der Waals surface area contributed by atoms with Crippen LogP contribution in [-0.4, -0.2) is 44.0 Å². The summed E-state index contributed by atoms with van der Waals surface area (Å²) in [7, 11) is 1.52.